The minimum absolute atomic E-state index is 0.303. The van der Waals surface area contributed by atoms with Gasteiger partial charge in [-0.25, -0.2) is 4.79 Å². The molecule has 86 valence electrons. The topological polar surface area (TPSA) is 38.3 Å². The normalized spacial score (nSPS) is 14.9. The number of benzene rings is 1. The van der Waals surface area contributed by atoms with Gasteiger partial charge in [0.15, 0.2) is 0 Å². The third-order valence-electron chi connectivity index (χ3n) is 2.63. The highest BCUT2D eigenvalue weighted by molar-refractivity contribution is 9.10. The van der Waals surface area contributed by atoms with Crippen molar-refractivity contribution in [2.75, 3.05) is 7.11 Å². The van der Waals surface area contributed by atoms with E-state index in [-0.39, 0.29) is 5.97 Å². The summed E-state index contributed by atoms with van der Waals surface area (Å²) in [6.07, 6.45) is 2.55. The lowest BCUT2D eigenvalue weighted by Crippen LogP contribution is -2.15. The van der Waals surface area contributed by atoms with Crippen LogP contribution < -0.4 is 5.32 Å². The van der Waals surface area contributed by atoms with Gasteiger partial charge in [-0.05, 0) is 30.5 Å². The molecule has 2 rings (SSSR count). The van der Waals surface area contributed by atoms with Crippen LogP contribution in [0.3, 0.4) is 0 Å². The molecule has 0 atom stereocenters. The van der Waals surface area contributed by atoms with Crippen LogP contribution in [0.5, 0.6) is 0 Å². The molecule has 0 aliphatic heterocycles. The van der Waals surface area contributed by atoms with Crippen molar-refractivity contribution < 1.29 is 9.53 Å². The third-order valence-corrected chi connectivity index (χ3v) is 3.37. The summed E-state index contributed by atoms with van der Waals surface area (Å²) in [5, 5.41) is 3.43. The first-order chi connectivity index (χ1) is 7.70. The van der Waals surface area contributed by atoms with Crippen molar-refractivity contribution >= 4 is 21.9 Å². The molecule has 0 heterocycles. The Hall–Kier alpha value is -0.870. The Kier molecular flexibility index (Phi) is 3.61. The lowest BCUT2D eigenvalue weighted by molar-refractivity contribution is 0.0600. The zero-order valence-electron chi connectivity index (χ0n) is 9.13. The first kappa shape index (κ1) is 11.6. The van der Waals surface area contributed by atoms with Crippen molar-refractivity contribution in [1.29, 1.82) is 0 Å². The number of rotatable bonds is 4. The van der Waals surface area contributed by atoms with Crippen LogP contribution in [-0.4, -0.2) is 19.1 Å². The van der Waals surface area contributed by atoms with Crippen molar-refractivity contribution in [3.8, 4) is 0 Å². The zero-order chi connectivity index (χ0) is 11.5. The van der Waals surface area contributed by atoms with E-state index in [0.717, 1.165) is 11.0 Å². The molecule has 1 aromatic rings. The zero-order valence-corrected chi connectivity index (χ0v) is 10.7. The molecule has 0 radical (unpaired) electrons. The summed E-state index contributed by atoms with van der Waals surface area (Å²) < 4.78 is 5.61. The van der Waals surface area contributed by atoms with Gasteiger partial charge in [0.2, 0.25) is 0 Å². The summed E-state index contributed by atoms with van der Waals surface area (Å²) in [6.45, 7) is 0.840. The first-order valence-electron chi connectivity index (χ1n) is 5.31. The van der Waals surface area contributed by atoms with Crippen molar-refractivity contribution in [2.24, 2.45) is 0 Å². The van der Waals surface area contributed by atoms with Crippen molar-refractivity contribution in [3.05, 3.63) is 33.8 Å². The highest BCUT2D eigenvalue weighted by atomic mass is 79.9. The summed E-state index contributed by atoms with van der Waals surface area (Å²) in [4.78, 5) is 11.3. The molecule has 1 fully saturated rings. The molecule has 4 heteroatoms. The van der Waals surface area contributed by atoms with Crippen LogP contribution >= 0.6 is 15.9 Å². The molecule has 0 aromatic heterocycles. The van der Waals surface area contributed by atoms with Crippen LogP contribution in [0.25, 0.3) is 0 Å². The lowest BCUT2D eigenvalue weighted by atomic mass is 10.1. The minimum atomic E-state index is -0.303. The van der Waals surface area contributed by atoms with Crippen molar-refractivity contribution in [2.45, 2.75) is 25.4 Å². The number of carbonyl (C=O) groups is 1. The molecule has 1 aliphatic rings. The molecule has 1 aromatic carbocycles. The van der Waals surface area contributed by atoms with Crippen LogP contribution in [0.15, 0.2) is 22.7 Å². The van der Waals surface area contributed by atoms with Gasteiger partial charge in [0.1, 0.15) is 0 Å². The van der Waals surface area contributed by atoms with Gasteiger partial charge in [0, 0.05) is 17.1 Å². The molecule has 0 amide bonds. The molecule has 0 unspecified atom stereocenters. The highest BCUT2D eigenvalue weighted by Crippen LogP contribution is 2.22. The maximum Gasteiger partial charge on any atom is 0.337 e. The first-order valence-corrected chi connectivity index (χ1v) is 6.10. The maximum atomic E-state index is 11.3. The van der Waals surface area contributed by atoms with E-state index in [2.05, 4.69) is 26.0 Å². The summed E-state index contributed by atoms with van der Waals surface area (Å²) >= 11 is 3.47. The average Bonchev–Trinajstić information content (AvgIpc) is 3.10. The van der Waals surface area contributed by atoms with Crippen LogP contribution in [0.1, 0.15) is 28.8 Å². The predicted octanol–water partition coefficient (Wildman–Crippen LogP) is 2.49. The van der Waals surface area contributed by atoms with Gasteiger partial charge < -0.3 is 10.1 Å². The van der Waals surface area contributed by atoms with Gasteiger partial charge in [-0.2, -0.15) is 0 Å². The minimum Gasteiger partial charge on any atom is -0.465 e. The molecule has 0 bridgehead atoms. The lowest BCUT2D eigenvalue weighted by Gasteiger charge is -2.07. The Morgan fingerprint density at radius 3 is 2.88 bits per heavy atom. The summed E-state index contributed by atoms with van der Waals surface area (Å²) in [7, 11) is 1.39. The van der Waals surface area contributed by atoms with Crippen LogP contribution in [0, 0.1) is 0 Å². The van der Waals surface area contributed by atoms with E-state index in [1.807, 2.05) is 6.07 Å². The number of hydrogen-bond donors (Lipinski definition) is 1. The number of halogens is 1. The number of esters is 1. The average molecular weight is 284 g/mol. The van der Waals surface area contributed by atoms with E-state index in [9.17, 15) is 4.79 Å². The van der Waals surface area contributed by atoms with Crippen molar-refractivity contribution in [1.82, 2.24) is 5.32 Å². The van der Waals surface area contributed by atoms with Gasteiger partial charge in [0.25, 0.3) is 0 Å². The van der Waals surface area contributed by atoms with Crippen molar-refractivity contribution in [3.63, 3.8) is 0 Å². The molecule has 0 saturated heterocycles. The van der Waals surface area contributed by atoms with E-state index in [4.69, 9.17) is 0 Å². The molecule has 0 spiro atoms. The van der Waals surface area contributed by atoms with E-state index < -0.39 is 0 Å². The number of carbonyl (C=O) groups excluding carboxylic acids is 1. The number of nitrogens with one attached hydrogen (secondary N) is 1. The summed E-state index contributed by atoms with van der Waals surface area (Å²) in [5.74, 6) is -0.303. The molecular formula is C12H14BrNO2. The predicted molar refractivity (Wildman–Crippen MR) is 65.3 cm³/mol. The Morgan fingerprint density at radius 1 is 1.56 bits per heavy atom. The van der Waals surface area contributed by atoms with Gasteiger partial charge in [-0.15, -0.1) is 0 Å². The van der Waals surface area contributed by atoms with Gasteiger partial charge in [-0.3, -0.25) is 0 Å². The van der Waals surface area contributed by atoms with E-state index in [1.54, 1.807) is 12.1 Å². The number of hydrogen-bond acceptors (Lipinski definition) is 3. The second-order valence-corrected chi connectivity index (χ2v) is 4.81. The standard InChI is InChI=1S/C12H14BrNO2/c1-16-12(15)8-2-3-9(11(13)6-8)7-14-10-4-5-10/h2-3,6,10,14H,4-5,7H2,1H3. The summed E-state index contributed by atoms with van der Waals surface area (Å²) in [5.41, 5.74) is 1.74. The Labute approximate surface area is 103 Å². The highest BCUT2D eigenvalue weighted by Gasteiger charge is 2.20. The Bertz CT molecular complexity index is 402. The van der Waals surface area contributed by atoms with Crippen LogP contribution in [-0.2, 0) is 11.3 Å². The second kappa shape index (κ2) is 4.97. The molecule has 1 saturated carbocycles. The molecule has 3 nitrogen and oxygen atoms in total. The van der Waals surface area contributed by atoms with Gasteiger partial charge in [-0.1, -0.05) is 22.0 Å². The largest absolute Gasteiger partial charge is 0.465 e. The quantitative estimate of drug-likeness (QED) is 0.863. The fourth-order valence-corrected chi connectivity index (χ4v) is 2.00. The molecular weight excluding hydrogens is 270 g/mol. The van der Waals surface area contributed by atoms with Gasteiger partial charge >= 0.3 is 5.97 Å². The van der Waals surface area contributed by atoms with E-state index >= 15 is 0 Å². The van der Waals surface area contributed by atoms with E-state index in [0.29, 0.717) is 11.6 Å². The fourth-order valence-electron chi connectivity index (χ4n) is 1.48. The monoisotopic (exact) mass is 283 g/mol. The number of ether oxygens (including phenoxy) is 1. The van der Waals surface area contributed by atoms with E-state index in [1.165, 1.54) is 25.5 Å². The fraction of sp³-hybridized carbons (Fsp3) is 0.417. The van der Waals surface area contributed by atoms with Gasteiger partial charge in [0.05, 0.1) is 12.7 Å². The third kappa shape index (κ3) is 2.83. The molecule has 1 aliphatic carbocycles. The van der Waals surface area contributed by atoms with Crippen LogP contribution in [0.2, 0.25) is 0 Å². The summed E-state index contributed by atoms with van der Waals surface area (Å²) in [6, 6.07) is 6.23. The Morgan fingerprint density at radius 2 is 2.31 bits per heavy atom. The van der Waals surface area contributed by atoms with Crippen LogP contribution in [0.4, 0.5) is 0 Å². The smallest absolute Gasteiger partial charge is 0.337 e. The molecule has 16 heavy (non-hydrogen) atoms. The Balaban J connectivity index is 2.05. The number of methoxy groups -OCH3 is 1. The maximum absolute atomic E-state index is 11.3. The molecule has 1 N–H and O–H groups in total. The SMILES string of the molecule is COC(=O)c1ccc(CNC2CC2)c(Br)c1. The second-order valence-electron chi connectivity index (χ2n) is 3.95.